The molecule has 0 bridgehead atoms. The Kier molecular flexibility index (Phi) is 3.69. The fourth-order valence-electron chi connectivity index (χ4n) is 1.74. The highest BCUT2D eigenvalue weighted by molar-refractivity contribution is 5.68. The number of benzene rings is 1. The Morgan fingerprint density at radius 1 is 1.22 bits per heavy atom. The van der Waals surface area contributed by atoms with Crippen molar-refractivity contribution in [1.29, 1.82) is 0 Å². The van der Waals surface area contributed by atoms with Crippen molar-refractivity contribution in [2.75, 3.05) is 0 Å². The number of carboxylic acid groups (broad SMARTS) is 1. The number of hydrogen-bond donors (Lipinski definition) is 2. The number of nitrogens with zero attached hydrogens (tertiary/aromatic N) is 1. The van der Waals surface area contributed by atoms with Crippen LogP contribution in [-0.4, -0.2) is 16.1 Å². The van der Waals surface area contributed by atoms with Crippen LogP contribution in [0.3, 0.4) is 0 Å². The summed E-state index contributed by atoms with van der Waals surface area (Å²) in [4.78, 5) is 14.8. The van der Waals surface area contributed by atoms with Gasteiger partial charge in [-0.25, -0.2) is 0 Å². The number of hydrogen-bond acceptors (Lipinski definition) is 3. The molecule has 4 nitrogen and oxygen atoms in total. The highest BCUT2D eigenvalue weighted by atomic mass is 16.4. The molecule has 4 heteroatoms. The van der Waals surface area contributed by atoms with Gasteiger partial charge < -0.3 is 10.8 Å². The van der Waals surface area contributed by atoms with E-state index in [1.807, 2.05) is 42.5 Å². The second-order valence-corrected chi connectivity index (χ2v) is 4.04. The smallest absolute Gasteiger partial charge is 0.305 e. The predicted octanol–water partition coefficient (Wildman–Crippen LogP) is 2.22. The lowest BCUT2D eigenvalue weighted by molar-refractivity contribution is -0.137. The van der Waals surface area contributed by atoms with Crippen molar-refractivity contribution >= 4 is 5.97 Å². The molecule has 1 unspecified atom stereocenters. The van der Waals surface area contributed by atoms with E-state index >= 15 is 0 Å². The molecule has 1 atom stereocenters. The van der Waals surface area contributed by atoms with E-state index in [0.717, 1.165) is 16.8 Å². The summed E-state index contributed by atoms with van der Waals surface area (Å²) in [6, 6.07) is 12.7. The molecule has 0 radical (unpaired) electrons. The predicted molar refractivity (Wildman–Crippen MR) is 68.9 cm³/mol. The second kappa shape index (κ2) is 5.42. The molecule has 2 rings (SSSR count). The number of nitrogens with two attached hydrogens (primary N) is 1. The van der Waals surface area contributed by atoms with Crippen LogP contribution in [0.15, 0.2) is 48.7 Å². The van der Waals surface area contributed by atoms with Crippen LogP contribution in [0, 0.1) is 0 Å². The summed E-state index contributed by atoms with van der Waals surface area (Å²) >= 11 is 0. The fraction of sp³-hybridized carbons (Fsp3) is 0.143. The summed E-state index contributed by atoms with van der Waals surface area (Å²) in [7, 11) is 0. The van der Waals surface area contributed by atoms with Crippen LogP contribution in [0.25, 0.3) is 11.3 Å². The van der Waals surface area contributed by atoms with Crippen LogP contribution in [0.5, 0.6) is 0 Å². The molecule has 18 heavy (non-hydrogen) atoms. The summed E-state index contributed by atoms with van der Waals surface area (Å²) in [5.74, 6) is -0.892. The third kappa shape index (κ3) is 2.93. The van der Waals surface area contributed by atoms with Gasteiger partial charge in [0.25, 0.3) is 0 Å². The van der Waals surface area contributed by atoms with Crippen LogP contribution in [0.4, 0.5) is 0 Å². The molecule has 92 valence electrons. The van der Waals surface area contributed by atoms with E-state index in [4.69, 9.17) is 10.8 Å². The first-order valence-electron chi connectivity index (χ1n) is 5.65. The first kappa shape index (κ1) is 12.3. The molecule has 1 heterocycles. The Labute approximate surface area is 105 Å². The first-order valence-corrected chi connectivity index (χ1v) is 5.65. The zero-order valence-electron chi connectivity index (χ0n) is 9.78. The van der Waals surface area contributed by atoms with Crippen LogP contribution < -0.4 is 5.73 Å². The molecule has 0 aliphatic carbocycles. The zero-order valence-corrected chi connectivity index (χ0v) is 9.78. The van der Waals surface area contributed by atoms with Crippen LogP contribution >= 0.6 is 0 Å². The zero-order chi connectivity index (χ0) is 13.0. The summed E-state index contributed by atoms with van der Waals surface area (Å²) < 4.78 is 0. The molecule has 0 fully saturated rings. The van der Waals surface area contributed by atoms with Crippen molar-refractivity contribution in [3.8, 4) is 11.3 Å². The van der Waals surface area contributed by atoms with Gasteiger partial charge in [-0.15, -0.1) is 0 Å². The van der Waals surface area contributed by atoms with Gasteiger partial charge in [-0.1, -0.05) is 30.3 Å². The Morgan fingerprint density at radius 3 is 2.50 bits per heavy atom. The van der Waals surface area contributed by atoms with Crippen LogP contribution in [-0.2, 0) is 4.79 Å². The van der Waals surface area contributed by atoms with Crippen molar-refractivity contribution < 1.29 is 9.90 Å². The van der Waals surface area contributed by atoms with Gasteiger partial charge in [0.2, 0.25) is 0 Å². The lowest BCUT2D eigenvalue weighted by Crippen LogP contribution is -2.14. The van der Waals surface area contributed by atoms with Gasteiger partial charge in [0.1, 0.15) is 0 Å². The van der Waals surface area contributed by atoms with Gasteiger partial charge in [-0.3, -0.25) is 9.78 Å². The number of carboxylic acids is 1. The molecule has 1 aromatic heterocycles. The SMILES string of the molecule is NC(CC(=O)O)c1ccc(-c2ccccn2)cc1. The van der Waals surface area contributed by atoms with Crippen molar-refractivity contribution in [2.24, 2.45) is 5.73 Å². The third-order valence-electron chi connectivity index (χ3n) is 2.69. The number of pyridine rings is 1. The van der Waals surface area contributed by atoms with Gasteiger partial charge in [-0.2, -0.15) is 0 Å². The molecule has 0 saturated carbocycles. The molecule has 1 aromatic carbocycles. The Hall–Kier alpha value is -2.20. The Bertz CT molecular complexity index is 523. The van der Waals surface area contributed by atoms with Gasteiger partial charge in [0.15, 0.2) is 0 Å². The Balaban J connectivity index is 2.18. The molecule has 2 aromatic rings. The minimum absolute atomic E-state index is 0.0665. The minimum atomic E-state index is -0.892. The number of rotatable bonds is 4. The highest BCUT2D eigenvalue weighted by Crippen LogP contribution is 2.20. The van der Waals surface area contributed by atoms with Gasteiger partial charge >= 0.3 is 5.97 Å². The van der Waals surface area contributed by atoms with E-state index in [-0.39, 0.29) is 6.42 Å². The van der Waals surface area contributed by atoms with E-state index in [2.05, 4.69) is 4.98 Å². The Morgan fingerprint density at radius 2 is 1.94 bits per heavy atom. The largest absolute Gasteiger partial charge is 0.481 e. The van der Waals surface area contributed by atoms with Crippen molar-refractivity contribution in [3.63, 3.8) is 0 Å². The number of carbonyl (C=O) groups is 1. The molecule has 3 N–H and O–H groups in total. The summed E-state index contributed by atoms with van der Waals surface area (Å²) in [5, 5.41) is 8.69. The average molecular weight is 242 g/mol. The summed E-state index contributed by atoms with van der Waals surface area (Å²) in [6.07, 6.45) is 1.67. The molecule has 0 aliphatic rings. The summed E-state index contributed by atoms with van der Waals surface area (Å²) in [5.41, 5.74) is 8.48. The molecule has 0 spiro atoms. The van der Waals surface area contributed by atoms with Crippen LogP contribution in [0.1, 0.15) is 18.0 Å². The highest BCUT2D eigenvalue weighted by Gasteiger charge is 2.10. The van der Waals surface area contributed by atoms with E-state index in [9.17, 15) is 4.79 Å². The van der Waals surface area contributed by atoms with E-state index in [0.29, 0.717) is 0 Å². The molecule has 0 aliphatic heterocycles. The number of aromatic nitrogens is 1. The van der Waals surface area contributed by atoms with Crippen molar-refractivity contribution in [1.82, 2.24) is 4.98 Å². The topological polar surface area (TPSA) is 76.2 Å². The first-order chi connectivity index (χ1) is 8.66. The van der Waals surface area contributed by atoms with E-state index in [1.54, 1.807) is 6.20 Å². The van der Waals surface area contributed by atoms with E-state index in [1.165, 1.54) is 0 Å². The van der Waals surface area contributed by atoms with Gasteiger partial charge in [0.05, 0.1) is 12.1 Å². The fourth-order valence-corrected chi connectivity index (χ4v) is 1.74. The van der Waals surface area contributed by atoms with Gasteiger partial charge in [0, 0.05) is 17.8 Å². The molecule has 0 saturated heterocycles. The molecule has 0 amide bonds. The maximum Gasteiger partial charge on any atom is 0.305 e. The normalized spacial score (nSPS) is 12.1. The lowest BCUT2D eigenvalue weighted by Gasteiger charge is -2.09. The monoisotopic (exact) mass is 242 g/mol. The van der Waals surface area contributed by atoms with Crippen molar-refractivity contribution in [3.05, 3.63) is 54.2 Å². The average Bonchev–Trinajstić information content (AvgIpc) is 2.39. The van der Waals surface area contributed by atoms with E-state index < -0.39 is 12.0 Å². The maximum absolute atomic E-state index is 10.6. The van der Waals surface area contributed by atoms with Crippen molar-refractivity contribution in [2.45, 2.75) is 12.5 Å². The van der Waals surface area contributed by atoms with Gasteiger partial charge in [-0.05, 0) is 17.7 Å². The molecular formula is C14H14N2O2. The summed E-state index contributed by atoms with van der Waals surface area (Å²) in [6.45, 7) is 0. The maximum atomic E-state index is 10.6. The standard InChI is InChI=1S/C14H14N2O2/c15-12(9-14(17)18)10-4-6-11(7-5-10)13-3-1-2-8-16-13/h1-8,12H,9,15H2,(H,17,18). The minimum Gasteiger partial charge on any atom is -0.481 e. The third-order valence-corrected chi connectivity index (χ3v) is 2.69. The quantitative estimate of drug-likeness (QED) is 0.861. The van der Waals surface area contributed by atoms with Crippen LogP contribution in [0.2, 0.25) is 0 Å². The molecular weight excluding hydrogens is 228 g/mol. The lowest BCUT2D eigenvalue weighted by atomic mass is 10.0. The number of aliphatic carboxylic acids is 1. The second-order valence-electron chi connectivity index (χ2n) is 4.04.